The first-order valence-electron chi connectivity index (χ1n) is 6.00. The number of nitrogens with zero attached hydrogens (tertiary/aromatic N) is 1. The number of carbonyl (C=O) groups excluding carboxylic acids is 1. The number of aliphatic hydroxyl groups is 1. The van der Waals surface area contributed by atoms with Gasteiger partial charge in [-0.2, -0.15) is 0 Å². The quantitative estimate of drug-likeness (QED) is 0.574. The molecule has 0 aromatic carbocycles. The summed E-state index contributed by atoms with van der Waals surface area (Å²) in [5.74, 6) is 0.435. The van der Waals surface area contributed by atoms with Gasteiger partial charge >= 0.3 is 0 Å². The van der Waals surface area contributed by atoms with Crippen molar-refractivity contribution in [2.45, 2.75) is 25.9 Å². The van der Waals surface area contributed by atoms with Crippen molar-refractivity contribution in [1.29, 1.82) is 0 Å². The molecule has 0 radical (unpaired) electrons. The molecule has 1 aliphatic heterocycles. The van der Waals surface area contributed by atoms with Crippen molar-refractivity contribution < 1.29 is 9.90 Å². The molecule has 1 saturated heterocycles. The van der Waals surface area contributed by atoms with Crippen LogP contribution in [-0.2, 0) is 4.79 Å². The molecule has 0 aromatic rings. The van der Waals surface area contributed by atoms with Gasteiger partial charge in [-0.05, 0) is 38.8 Å². The molecule has 0 saturated carbocycles. The highest BCUT2D eigenvalue weighted by atomic mass is 16.3. The summed E-state index contributed by atoms with van der Waals surface area (Å²) in [5, 5.41) is 12.2. The fraction of sp³-hybridized carbons (Fsp3) is 0.909. The maximum absolute atomic E-state index is 11.4. The monoisotopic (exact) mass is 229 g/mol. The van der Waals surface area contributed by atoms with E-state index in [-0.39, 0.29) is 12.0 Å². The average Bonchev–Trinajstić information content (AvgIpc) is 2.27. The number of hydrogen-bond donors (Lipinski definition) is 3. The molecule has 5 nitrogen and oxygen atoms in total. The van der Waals surface area contributed by atoms with E-state index in [4.69, 9.17) is 5.73 Å². The molecule has 16 heavy (non-hydrogen) atoms. The fourth-order valence-corrected chi connectivity index (χ4v) is 2.06. The fourth-order valence-electron chi connectivity index (χ4n) is 2.06. The van der Waals surface area contributed by atoms with Crippen LogP contribution in [0.2, 0.25) is 0 Å². The summed E-state index contributed by atoms with van der Waals surface area (Å²) in [5.41, 5.74) is 5.31. The van der Waals surface area contributed by atoms with Gasteiger partial charge in [0, 0.05) is 13.1 Å². The minimum Gasteiger partial charge on any atom is -0.393 e. The molecule has 0 spiro atoms. The molecular weight excluding hydrogens is 206 g/mol. The Labute approximate surface area is 97.0 Å². The average molecular weight is 229 g/mol. The Bertz CT molecular complexity index is 213. The number of nitrogens with one attached hydrogen (secondary N) is 1. The topological polar surface area (TPSA) is 78.6 Å². The predicted octanol–water partition coefficient (Wildman–Crippen LogP) is -0.846. The highest BCUT2D eigenvalue weighted by Crippen LogP contribution is 2.19. The maximum atomic E-state index is 11.4. The van der Waals surface area contributed by atoms with Crippen LogP contribution in [0.5, 0.6) is 0 Å². The molecule has 1 atom stereocenters. The molecule has 0 bridgehead atoms. The molecule has 1 fully saturated rings. The number of amides is 1. The van der Waals surface area contributed by atoms with Crippen molar-refractivity contribution >= 4 is 5.91 Å². The smallest absolute Gasteiger partial charge is 0.234 e. The minimum atomic E-state index is -0.229. The number of likely N-dealkylation sites (tertiary alicyclic amines) is 1. The number of rotatable bonds is 5. The normalized spacial score (nSPS) is 20.7. The van der Waals surface area contributed by atoms with E-state index in [1.807, 2.05) is 6.92 Å². The van der Waals surface area contributed by atoms with Crippen LogP contribution in [0.15, 0.2) is 0 Å². The van der Waals surface area contributed by atoms with Gasteiger partial charge in [-0.1, -0.05) is 0 Å². The summed E-state index contributed by atoms with van der Waals surface area (Å²) in [7, 11) is 0. The molecule has 1 aliphatic rings. The highest BCUT2D eigenvalue weighted by molar-refractivity contribution is 5.77. The van der Waals surface area contributed by atoms with Crippen molar-refractivity contribution in [3.63, 3.8) is 0 Å². The van der Waals surface area contributed by atoms with E-state index in [1.165, 1.54) is 0 Å². The van der Waals surface area contributed by atoms with Crippen LogP contribution in [0, 0.1) is 5.92 Å². The Morgan fingerprint density at radius 2 is 2.19 bits per heavy atom. The standard InChI is InChI=1S/C11H23N3O2/c1-9(15)10-2-6-14(7-3-10)8-11(16)13-5-4-12/h9-10,15H,2-8,12H2,1H3,(H,13,16). The lowest BCUT2D eigenvalue weighted by Crippen LogP contribution is -2.43. The van der Waals surface area contributed by atoms with E-state index < -0.39 is 0 Å². The van der Waals surface area contributed by atoms with E-state index in [2.05, 4.69) is 10.2 Å². The van der Waals surface area contributed by atoms with Crippen LogP contribution in [0.3, 0.4) is 0 Å². The van der Waals surface area contributed by atoms with Gasteiger partial charge in [0.25, 0.3) is 0 Å². The van der Waals surface area contributed by atoms with Crippen LogP contribution < -0.4 is 11.1 Å². The summed E-state index contributed by atoms with van der Waals surface area (Å²) in [6.07, 6.45) is 1.72. The van der Waals surface area contributed by atoms with Crippen LogP contribution in [-0.4, -0.2) is 54.7 Å². The third kappa shape index (κ3) is 4.47. The third-order valence-electron chi connectivity index (χ3n) is 3.15. The van der Waals surface area contributed by atoms with Crippen LogP contribution >= 0.6 is 0 Å². The molecule has 5 heteroatoms. The molecular formula is C11H23N3O2. The molecule has 94 valence electrons. The van der Waals surface area contributed by atoms with Crippen molar-refractivity contribution in [2.75, 3.05) is 32.7 Å². The maximum Gasteiger partial charge on any atom is 0.234 e. The Morgan fingerprint density at radius 3 is 2.69 bits per heavy atom. The number of piperidine rings is 1. The van der Waals surface area contributed by atoms with E-state index in [0.717, 1.165) is 25.9 Å². The van der Waals surface area contributed by atoms with Gasteiger partial charge in [0.15, 0.2) is 0 Å². The SMILES string of the molecule is CC(O)C1CCN(CC(=O)NCCN)CC1. The Balaban J connectivity index is 2.19. The molecule has 4 N–H and O–H groups in total. The summed E-state index contributed by atoms with van der Waals surface area (Å²) in [6.45, 7) is 5.11. The summed E-state index contributed by atoms with van der Waals surface area (Å²) >= 11 is 0. The Morgan fingerprint density at radius 1 is 1.56 bits per heavy atom. The number of hydrogen-bond acceptors (Lipinski definition) is 4. The zero-order valence-electron chi connectivity index (χ0n) is 9.98. The van der Waals surface area contributed by atoms with Gasteiger partial charge in [0.2, 0.25) is 5.91 Å². The first-order chi connectivity index (χ1) is 7.63. The second kappa shape index (κ2) is 6.83. The summed E-state index contributed by atoms with van der Waals surface area (Å²) in [4.78, 5) is 13.6. The zero-order valence-corrected chi connectivity index (χ0v) is 9.98. The van der Waals surface area contributed by atoms with Crippen molar-refractivity contribution in [2.24, 2.45) is 11.7 Å². The summed E-state index contributed by atoms with van der Waals surface area (Å²) < 4.78 is 0. The van der Waals surface area contributed by atoms with Gasteiger partial charge in [0.05, 0.1) is 12.6 Å². The lowest BCUT2D eigenvalue weighted by Gasteiger charge is -2.32. The summed E-state index contributed by atoms with van der Waals surface area (Å²) in [6, 6.07) is 0. The molecule has 1 amide bonds. The Kier molecular flexibility index (Phi) is 5.73. The van der Waals surface area contributed by atoms with E-state index in [9.17, 15) is 9.90 Å². The van der Waals surface area contributed by atoms with Gasteiger partial charge < -0.3 is 16.2 Å². The second-order valence-corrected chi connectivity index (χ2v) is 4.49. The molecule has 0 aromatic heterocycles. The van der Waals surface area contributed by atoms with Crippen LogP contribution in [0.1, 0.15) is 19.8 Å². The zero-order chi connectivity index (χ0) is 12.0. The van der Waals surface area contributed by atoms with Gasteiger partial charge in [-0.15, -0.1) is 0 Å². The lowest BCUT2D eigenvalue weighted by molar-refractivity contribution is -0.122. The first-order valence-corrected chi connectivity index (χ1v) is 6.00. The second-order valence-electron chi connectivity index (χ2n) is 4.49. The van der Waals surface area contributed by atoms with E-state index in [1.54, 1.807) is 0 Å². The van der Waals surface area contributed by atoms with Gasteiger partial charge in [-0.3, -0.25) is 9.69 Å². The molecule has 1 rings (SSSR count). The highest BCUT2D eigenvalue weighted by Gasteiger charge is 2.23. The van der Waals surface area contributed by atoms with Crippen LogP contribution in [0.4, 0.5) is 0 Å². The molecule has 1 heterocycles. The van der Waals surface area contributed by atoms with Crippen molar-refractivity contribution in [3.8, 4) is 0 Å². The minimum absolute atomic E-state index is 0.0425. The number of nitrogens with two attached hydrogens (primary N) is 1. The van der Waals surface area contributed by atoms with Crippen molar-refractivity contribution in [1.82, 2.24) is 10.2 Å². The Hall–Kier alpha value is -0.650. The lowest BCUT2D eigenvalue weighted by atomic mass is 9.92. The third-order valence-corrected chi connectivity index (χ3v) is 3.15. The largest absolute Gasteiger partial charge is 0.393 e. The molecule has 1 unspecified atom stereocenters. The van der Waals surface area contributed by atoms with E-state index in [0.29, 0.717) is 25.6 Å². The van der Waals surface area contributed by atoms with Gasteiger partial charge in [0.1, 0.15) is 0 Å². The van der Waals surface area contributed by atoms with Crippen molar-refractivity contribution in [3.05, 3.63) is 0 Å². The first kappa shape index (κ1) is 13.4. The van der Waals surface area contributed by atoms with Crippen LogP contribution in [0.25, 0.3) is 0 Å². The number of carbonyl (C=O) groups is 1. The number of aliphatic hydroxyl groups excluding tert-OH is 1. The predicted molar refractivity (Wildman–Crippen MR) is 62.9 cm³/mol. The van der Waals surface area contributed by atoms with Gasteiger partial charge in [-0.25, -0.2) is 0 Å². The van der Waals surface area contributed by atoms with E-state index >= 15 is 0 Å². The molecule has 0 aliphatic carbocycles.